The molecular formula is C11H15NO2. The summed E-state index contributed by atoms with van der Waals surface area (Å²) in [6, 6.07) is 3.90. The predicted molar refractivity (Wildman–Crippen MR) is 56.4 cm³/mol. The normalized spacial score (nSPS) is 14.1. The SMILES string of the molecule is COc1ccc(OC)c2c1CCCN2. The van der Waals surface area contributed by atoms with Crippen molar-refractivity contribution >= 4 is 5.69 Å². The van der Waals surface area contributed by atoms with E-state index in [0.717, 1.165) is 36.6 Å². The second kappa shape index (κ2) is 3.78. The summed E-state index contributed by atoms with van der Waals surface area (Å²) in [7, 11) is 3.40. The molecule has 0 aromatic heterocycles. The lowest BCUT2D eigenvalue weighted by atomic mass is 10.0. The summed E-state index contributed by atoms with van der Waals surface area (Å²) < 4.78 is 10.6. The standard InChI is InChI=1S/C11H15NO2/c1-13-9-5-6-10(14-2)11-8(9)4-3-7-12-11/h5-6,12H,3-4,7H2,1-2H3. The Kier molecular flexibility index (Phi) is 2.48. The van der Waals surface area contributed by atoms with Gasteiger partial charge in [0.2, 0.25) is 0 Å². The fourth-order valence-corrected chi connectivity index (χ4v) is 1.89. The van der Waals surface area contributed by atoms with Gasteiger partial charge in [0.15, 0.2) is 0 Å². The molecular weight excluding hydrogens is 178 g/mol. The van der Waals surface area contributed by atoms with Gasteiger partial charge in [0.25, 0.3) is 0 Å². The van der Waals surface area contributed by atoms with Gasteiger partial charge in [0.05, 0.1) is 19.9 Å². The maximum atomic E-state index is 5.32. The average molecular weight is 193 g/mol. The van der Waals surface area contributed by atoms with Crippen LogP contribution in [0, 0.1) is 0 Å². The summed E-state index contributed by atoms with van der Waals surface area (Å²) in [6.45, 7) is 1.01. The summed E-state index contributed by atoms with van der Waals surface area (Å²) in [5.41, 5.74) is 2.33. The average Bonchev–Trinajstić information content (AvgIpc) is 2.27. The van der Waals surface area contributed by atoms with Crippen LogP contribution in [0.1, 0.15) is 12.0 Å². The van der Waals surface area contributed by atoms with Crippen LogP contribution in [-0.2, 0) is 6.42 Å². The van der Waals surface area contributed by atoms with E-state index in [1.165, 1.54) is 5.56 Å². The molecule has 1 heterocycles. The first-order chi connectivity index (χ1) is 6.86. The molecule has 1 N–H and O–H groups in total. The largest absolute Gasteiger partial charge is 0.496 e. The first kappa shape index (κ1) is 9.19. The van der Waals surface area contributed by atoms with E-state index in [4.69, 9.17) is 9.47 Å². The van der Waals surface area contributed by atoms with Gasteiger partial charge in [0, 0.05) is 12.1 Å². The number of anilines is 1. The van der Waals surface area contributed by atoms with Gasteiger partial charge in [-0.1, -0.05) is 0 Å². The lowest BCUT2D eigenvalue weighted by Crippen LogP contribution is -2.13. The number of nitrogens with one attached hydrogen (secondary N) is 1. The van der Waals surface area contributed by atoms with Crippen molar-refractivity contribution in [3.05, 3.63) is 17.7 Å². The number of methoxy groups -OCH3 is 2. The highest BCUT2D eigenvalue weighted by Crippen LogP contribution is 2.37. The Morgan fingerprint density at radius 2 is 1.86 bits per heavy atom. The van der Waals surface area contributed by atoms with Crippen LogP contribution in [0.25, 0.3) is 0 Å². The van der Waals surface area contributed by atoms with E-state index in [1.807, 2.05) is 12.1 Å². The number of benzene rings is 1. The first-order valence-electron chi connectivity index (χ1n) is 4.84. The van der Waals surface area contributed by atoms with Gasteiger partial charge >= 0.3 is 0 Å². The molecule has 0 spiro atoms. The molecule has 0 radical (unpaired) electrons. The minimum atomic E-state index is 0.903. The van der Waals surface area contributed by atoms with Gasteiger partial charge in [-0.05, 0) is 25.0 Å². The molecule has 76 valence electrons. The molecule has 1 aliphatic heterocycles. The van der Waals surface area contributed by atoms with Crippen molar-refractivity contribution in [3.63, 3.8) is 0 Å². The molecule has 0 amide bonds. The molecule has 0 saturated heterocycles. The molecule has 2 rings (SSSR count). The van der Waals surface area contributed by atoms with Gasteiger partial charge in [-0.25, -0.2) is 0 Å². The fourth-order valence-electron chi connectivity index (χ4n) is 1.89. The Morgan fingerprint density at radius 3 is 2.57 bits per heavy atom. The third-order valence-electron chi connectivity index (χ3n) is 2.58. The highest BCUT2D eigenvalue weighted by molar-refractivity contribution is 5.67. The first-order valence-corrected chi connectivity index (χ1v) is 4.84. The van der Waals surface area contributed by atoms with Crippen molar-refractivity contribution in [2.75, 3.05) is 26.1 Å². The summed E-state index contributed by atoms with van der Waals surface area (Å²) in [4.78, 5) is 0. The van der Waals surface area contributed by atoms with Crippen molar-refractivity contribution in [1.29, 1.82) is 0 Å². The van der Waals surface area contributed by atoms with Gasteiger partial charge < -0.3 is 14.8 Å². The lowest BCUT2D eigenvalue weighted by Gasteiger charge is -2.22. The molecule has 0 saturated carbocycles. The van der Waals surface area contributed by atoms with E-state index in [0.29, 0.717) is 0 Å². The molecule has 0 aliphatic carbocycles. The third-order valence-corrected chi connectivity index (χ3v) is 2.58. The molecule has 0 unspecified atom stereocenters. The van der Waals surface area contributed by atoms with Crippen LogP contribution >= 0.6 is 0 Å². The zero-order chi connectivity index (χ0) is 9.97. The van der Waals surface area contributed by atoms with Crippen LogP contribution in [0.4, 0.5) is 5.69 Å². The molecule has 3 heteroatoms. The highest BCUT2D eigenvalue weighted by Gasteiger charge is 2.17. The topological polar surface area (TPSA) is 30.5 Å². The van der Waals surface area contributed by atoms with Crippen LogP contribution in [0.2, 0.25) is 0 Å². The monoisotopic (exact) mass is 193 g/mol. The second-order valence-corrected chi connectivity index (χ2v) is 3.35. The summed E-state index contributed by atoms with van der Waals surface area (Å²) in [5, 5.41) is 3.35. The van der Waals surface area contributed by atoms with Crippen LogP contribution in [0.3, 0.4) is 0 Å². The van der Waals surface area contributed by atoms with Crippen molar-refractivity contribution in [1.82, 2.24) is 0 Å². The molecule has 0 atom stereocenters. The fraction of sp³-hybridized carbons (Fsp3) is 0.455. The molecule has 1 aromatic carbocycles. The zero-order valence-electron chi connectivity index (χ0n) is 8.59. The summed E-state index contributed by atoms with van der Waals surface area (Å²) >= 11 is 0. The zero-order valence-corrected chi connectivity index (χ0v) is 8.59. The van der Waals surface area contributed by atoms with Gasteiger partial charge in [0.1, 0.15) is 11.5 Å². The van der Waals surface area contributed by atoms with E-state index in [9.17, 15) is 0 Å². The second-order valence-electron chi connectivity index (χ2n) is 3.35. The van der Waals surface area contributed by atoms with E-state index >= 15 is 0 Å². The number of ether oxygens (including phenoxy) is 2. The minimum Gasteiger partial charge on any atom is -0.496 e. The quantitative estimate of drug-likeness (QED) is 0.779. The van der Waals surface area contributed by atoms with E-state index in [2.05, 4.69) is 5.32 Å². The van der Waals surface area contributed by atoms with Crippen molar-refractivity contribution < 1.29 is 9.47 Å². The van der Waals surface area contributed by atoms with Gasteiger partial charge in [-0.2, -0.15) is 0 Å². The molecule has 14 heavy (non-hydrogen) atoms. The molecule has 0 bridgehead atoms. The lowest BCUT2D eigenvalue weighted by molar-refractivity contribution is 0.398. The molecule has 3 nitrogen and oxygen atoms in total. The maximum Gasteiger partial charge on any atom is 0.142 e. The molecule has 0 fully saturated rings. The third kappa shape index (κ3) is 1.39. The Bertz CT molecular complexity index is 303. The number of hydrogen-bond donors (Lipinski definition) is 1. The molecule has 1 aromatic rings. The maximum absolute atomic E-state index is 5.32. The number of fused-ring (bicyclic) bond motifs is 1. The van der Waals surface area contributed by atoms with Crippen molar-refractivity contribution in [3.8, 4) is 11.5 Å². The van der Waals surface area contributed by atoms with E-state index in [1.54, 1.807) is 14.2 Å². The van der Waals surface area contributed by atoms with Gasteiger partial charge in [-0.15, -0.1) is 0 Å². The summed E-state index contributed by atoms with van der Waals surface area (Å²) in [6.07, 6.45) is 2.21. The summed E-state index contributed by atoms with van der Waals surface area (Å²) in [5.74, 6) is 1.86. The highest BCUT2D eigenvalue weighted by atomic mass is 16.5. The van der Waals surface area contributed by atoms with Gasteiger partial charge in [-0.3, -0.25) is 0 Å². The van der Waals surface area contributed by atoms with Crippen molar-refractivity contribution in [2.45, 2.75) is 12.8 Å². The smallest absolute Gasteiger partial charge is 0.142 e. The van der Waals surface area contributed by atoms with E-state index in [-0.39, 0.29) is 0 Å². The molecule has 1 aliphatic rings. The Hall–Kier alpha value is -1.38. The van der Waals surface area contributed by atoms with Crippen LogP contribution in [-0.4, -0.2) is 20.8 Å². The Labute approximate surface area is 84.0 Å². The number of rotatable bonds is 2. The van der Waals surface area contributed by atoms with Crippen LogP contribution < -0.4 is 14.8 Å². The Balaban J connectivity index is 2.50. The van der Waals surface area contributed by atoms with Crippen molar-refractivity contribution in [2.24, 2.45) is 0 Å². The Morgan fingerprint density at radius 1 is 1.14 bits per heavy atom. The number of hydrogen-bond acceptors (Lipinski definition) is 3. The predicted octanol–water partition coefficient (Wildman–Crippen LogP) is 2.06. The van der Waals surface area contributed by atoms with E-state index < -0.39 is 0 Å². The van der Waals surface area contributed by atoms with Crippen LogP contribution in [0.15, 0.2) is 12.1 Å². The van der Waals surface area contributed by atoms with Crippen LogP contribution in [0.5, 0.6) is 11.5 Å². The minimum absolute atomic E-state index is 0.903.